The molecule has 24 heavy (non-hydrogen) atoms. The summed E-state index contributed by atoms with van der Waals surface area (Å²) in [6.45, 7) is 0. The molecule has 3 aromatic rings. The molecule has 5 nitrogen and oxygen atoms in total. The molecule has 1 aliphatic heterocycles. The highest BCUT2D eigenvalue weighted by atomic mass is 32.2. The number of carbonyl (C=O) groups excluding carboxylic acids is 1. The molecule has 1 amide bonds. The van der Waals surface area contributed by atoms with Gasteiger partial charge in [0.05, 0.1) is 11.4 Å². The van der Waals surface area contributed by atoms with Gasteiger partial charge in [-0.25, -0.2) is 9.80 Å². The van der Waals surface area contributed by atoms with Crippen molar-refractivity contribution in [1.82, 2.24) is 5.01 Å². The molecule has 1 unspecified atom stereocenters. The Morgan fingerprint density at radius 2 is 1.88 bits per heavy atom. The number of hydrogen-bond acceptors (Lipinski definition) is 5. The van der Waals surface area contributed by atoms with Crippen molar-refractivity contribution in [3.63, 3.8) is 0 Å². The Labute approximate surface area is 142 Å². The molecule has 4 rings (SSSR count). The molecule has 1 fully saturated rings. The van der Waals surface area contributed by atoms with Gasteiger partial charge in [-0.2, -0.15) is 0 Å². The van der Waals surface area contributed by atoms with Crippen molar-refractivity contribution >= 4 is 34.3 Å². The molecule has 0 radical (unpaired) electrons. The summed E-state index contributed by atoms with van der Waals surface area (Å²) in [6, 6.07) is 18.4. The molecule has 1 atom stereocenters. The second-order valence-electron chi connectivity index (χ2n) is 5.46. The van der Waals surface area contributed by atoms with E-state index in [1.807, 2.05) is 36.4 Å². The number of rotatable bonds is 3. The molecule has 1 aliphatic rings. The normalized spacial score (nSPS) is 17.4. The first kappa shape index (κ1) is 14.8. The zero-order valence-corrected chi connectivity index (χ0v) is 13.5. The Bertz CT molecular complexity index is 955. The second kappa shape index (κ2) is 6.05. The van der Waals surface area contributed by atoms with Crippen LogP contribution >= 0.6 is 11.8 Å². The van der Waals surface area contributed by atoms with Crippen molar-refractivity contribution < 1.29 is 9.21 Å². The summed E-state index contributed by atoms with van der Waals surface area (Å²) in [5.41, 5.74) is 5.18. The van der Waals surface area contributed by atoms with Crippen LogP contribution in [0.15, 0.2) is 69.9 Å². The Kier molecular flexibility index (Phi) is 3.74. The number of carbonyl (C=O) groups is 1. The fourth-order valence-corrected chi connectivity index (χ4v) is 3.80. The number of anilines is 1. The lowest BCUT2D eigenvalue weighted by molar-refractivity contribution is -0.126. The summed E-state index contributed by atoms with van der Waals surface area (Å²) in [4.78, 5) is 23.5. The van der Waals surface area contributed by atoms with Crippen LogP contribution in [-0.2, 0) is 4.79 Å². The highest BCUT2D eigenvalue weighted by Gasteiger charge is 2.33. The van der Waals surface area contributed by atoms with Gasteiger partial charge in [-0.15, -0.1) is 11.8 Å². The standard InChI is InChI=1S/C18H14N2O3S/c21-16-11-24-18(12-4-2-1-3-5-12)20(16)19-14-7-8-15-13(10-14)6-9-17(22)23-15/h1-10,18-19H,11H2. The van der Waals surface area contributed by atoms with Crippen LogP contribution in [0.4, 0.5) is 5.69 Å². The van der Waals surface area contributed by atoms with Gasteiger partial charge in [-0.3, -0.25) is 10.2 Å². The van der Waals surface area contributed by atoms with Gasteiger partial charge in [0.25, 0.3) is 5.91 Å². The Balaban J connectivity index is 1.64. The third-order valence-corrected chi connectivity index (χ3v) is 5.03. The first-order valence-electron chi connectivity index (χ1n) is 7.50. The number of amides is 1. The minimum atomic E-state index is -0.376. The lowest BCUT2D eigenvalue weighted by Crippen LogP contribution is -2.33. The number of nitrogens with zero attached hydrogens (tertiary/aromatic N) is 1. The zero-order valence-electron chi connectivity index (χ0n) is 12.6. The molecule has 2 aromatic carbocycles. The van der Waals surface area contributed by atoms with Gasteiger partial charge in [0.2, 0.25) is 0 Å². The first-order valence-corrected chi connectivity index (χ1v) is 8.55. The lowest BCUT2D eigenvalue weighted by atomic mass is 10.2. The quantitative estimate of drug-likeness (QED) is 0.742. The maximum Gasteiger partial charge on any atom is 0.336 e. The summed E-state index contributed by atoms with van der Waals surface area (Å²) in [5, 5.41) is 2.39. The highest BCUT2D eigenvalue weighted by Crippen LogP contribution is 2.38. The van der Waals surface area contributed by atoms with Gasteiger partial charge in [0, 0.05) is 11.5 Å². The van der Waals surface area contributed by atoms with Gasteiger partial charge < -0.3 is 4.42 Å². The van der Waals surface area contributed by atoms with E-state index in [-0.39, 0.29) is 16.9 Å². The van der Waals surface area contributed by atoms with E-state index in [0.717, 1.165) is 16.6 Å². The monoisotopic (exact) mass is 338 g/mol. The highest BCUT2D eigenvalue weighted by molar-refractivity contribution is 8.00. The van der Waals surface area contributed by atoms with Crippen LogP contribution in [-0.4, -0.2) is 16.7 Å². The van der Waals surface area contributed by atoms with Gasteiger partial charge in [-0.05, 0) is 29.8 Å². The van der Waals surface area contributed by atoms with Gasteiger partial charge in [-0.1, -0.05) is 30.3 Å². The molecule has 120 valence electrons. The van der Waals surface area contributed by atoms with Crippen LogP contribution in [0.25, 0.3) is 11.0 Å². The molecule has 0 saturated carbocycles. The predicted octanol–water partition coefficient (Wildman–Crippen LogP) is 3.39. The molecular formula is C18H14N2O3S. The van der Waals surface area contributed by atoms with E-state index in [1.165, 1.54) is 6.07 Å². The molecule has 0 spiro atoms. The van der Waals surface area contributed by atoms with Crippen molar-refractivity contribution in [2.24, 2.45) is 0 Å². The number of fused-ring (bicyclic) bond motifs is 1. The number of hydrogen-bond donors (Lipinski definition) is 1. The predicted molar refractivity (Wildman–Crippen MR) is 94.6 cm³/mol. The van der Waals surface area contributed by atoms with Crippen LogP contribution in [0.5, 0.6) is 0 Å². The summed E-state index contributed by atoms with van der Waals surface area (Å²) >= 11 is 1.59. The van der Waals surface area contributed by atoms with Crippen molar-refractivity contribution in [1.29, 1.82) is 0 Å². The third-order valence-electron chi connectivity index (χ3n) is 3.82. The number of benzene rings is 2. The average molecular weight is 338 g/mol. The first-order chi connectivity index (χ1) is 11.7. The van der Waals surface area contributed by atoms with Crippen molar-refractivity contribution in [3.8, 4) is 0 Å². The fourth-order valence-electron chi connectivity index (χ4n) is 2.69. The minimum absolute atomic E-state index is 0.0357. The smallest absolute Gasteiger partial charge is 0.336 e. The van der Waals surface area contributed by atoms with Crippen molar-refractivity contribution in [2.75, 3.05) is 11.2 Å². The number of hydrazine groups is 1. The molecule has 0 bridgehead atoms. The van der Waals surface area contributed by atoms with E-state index < -0.39 is 0 Å². The zero-order chi connectivity index (χ0) is 16.5. The third kappa shape index (κ3) is 2.76. The molecule has 1 saturated heterocycles. The van der Waals surface area contributed by atoms with Gasteiger partial charge in [0.15, 0.2) is 0 Å². The average Bonchev–Trinajstić information content (AvgIpc) is 2.96. The van der Waals surface area contributed by atoms with Crippen LogP contribution in [0.2, 0.25) is 0 Å². The van der Waals surface area contributed by atoms with Crippen molar-refractivity contribution in [2.45, 2.75) is 5.37 Å². The minimum Gasteiger partial charge on any atom is -0.423 e. The van der Waals surface area contributed by atoms with Gasteiger partial charge >= 0.3 is 5.63 Å². The maximum atomic E-state index is 12.3. The van der Waals surface area contributed by atoms with E-state index in [9.17, 15) is 9.59 Å². The summed E-state index contributed by atoms with van der Waals surface area (Å²) in [6.07, 6.45) is 0. The van der Waals surface area contributed by atoms with Crippen molar-refractivity contribution in [3.05, 3.63) is 76.6 Å². The Morgan fingerprint density at radius 3 is 2.71 bits per heavy atom. The topological polar surface area (TPSA) is 62.6 Å². The van der Waals surface area contributed by atoms with E-state index in [2.05, 4.69) is 5.43 Å². The summed E-state index contributed by atoms with van der Waals surface area (Å²) in [7, 11) is 0. The lowest BCUT2D eigenvalue weighted by Gasteiger charge is -2.25. The molecular weight excluding hydrogens is 324 g/mol. The SMILES string of the molecule is O=C1CSC(c2ccccc2)N1Nc1ccc2oc(=O)ccc2c1. The summed E-state index contributed by atoms with van der Waals surface area (Å²) in [5.74, 6) is 0.475. The molecule has 1 N–H and O–H groups in total. The van der Waals surface area contributed by atoms with E-state index >= 15 is 0 Å². The maximum absolute atomic E-state index is 12.3. The number of nitrogens with one attached hydrogen (secondary N) is 1. The second-order valence-corrected chi connectivity index (χ2v) is 6.53. The molecule has 6 heteroatoms. The molecule has 2 heterocycles. The van der Waals surface area contributed by atoms with Crippen LogP contribution in [0.3, 0.4) is 0 Å². The van der Waals surface area contributed by atoms with E-state index in [0.29, 0.717) is 11.3 Å². The van der Waals surface area contributed by atoms with E-state index in [1.54, 1.807) is 35.0 Å². The van der Waals surface area contributed by atoms with Crippen LogP contribution in [0, 0.1) is 0 Å². The largest absolute Gasteiger partial charge is 0.423 e. The molecule has 1 aromatic heterocycles. The molecule has 0 aliphatic carbocycles. The Morgan fingerprint density at radius 1 is 1.04 bits per heavy atom. The fraction of sp³-hybridized carbons (Fsp3) is 0.111. The van der Waals surface area contributed by atoms with Crippen LogP contribution < -0.4 is 11.1 Å². The Hall–Kier alpha value is -2.73. The number of thioether (sulfide) groups is 1. The summed E-state index contributed by atoms with van der Waals surface area (Å²) < 4.78 is 5.13. The van der Waals surface area contributed by atoms with Gasteiger partial charge in [0.1, 0.15) is 11.0 Å². The van der Waals surface area contributed by atoms with E-state index in [4.69, 9.17) is 4.42 Å². The van der Waals surface area contributed by atoms with Crippen LogP contribution in [0.1, 0.15) is 10.9 Å².